The molecule has 0 aromatic rings. The predicted molar refractivity (Wildman–Crippen MR) is 6.08 cm³/mol. The average Bonchev–Trinajstić information content (AvgIpc) is 0.811. The molecule has 6 heteroatoms. The zero-order valence-corrected chi connectivity index (χ0v) is 7.37. The van der Waals surface area contributed by atoms with Crippen molar-refractivity contribution in [1.82, 2.24) is 0 Å². The molecule has 0 bridgehead atoms. The van der Waals surface area contributed by atoms with Crippen molar-refractivity contribution in [3.63, 3.8) is 0 Å². The number of hydrogen-bond acceptors (Lipinski definition) is 3. The summed E-state index contributed by atoms with van der Waals surface area (Å²) in [7, 11) is 0. The van der Waals surface area contributed by atoms with E-state index >= 15 is 0 Å². The number of carbonyl (C=O) groups excluding carboxylic acids is 1. The molecule has 0 aromatic carbocycles. The molecule has 7 heavy (non-hydrogen) atoms. The maximum Gasteiger partial charge on any atom is 2.00 e. The monoisotopic (exact) mass is 195 g/mol. The summed E-state index contributed by atoms with van der Waals surface area (Å²) >= 11 is 0. The summed E-state index contributed by atoms with van der Waals surface area (Å²) in [4.78, 5) is 8.33. The predicted octanol–water partition coefficient (Wildman–Crippen LogP) is -2.57. The summed E-state index contributed by atoms with van der Waals surface area (Å²) < 4.78 is 0. The van der Waals surface area contributed by atoms with Crippen LogP contribution in [-0.4, -0.2) is 6.16 Å². The fourth-order valence-corrected chi connectivity index (χ4v) is 0. The van der Waals surface area contributed by atoms with E-state index in [1.807, 2.05) is 0 Å². The summed E-state index contributed by atoms with van der Waals surface area (Å²) in [5.41, 5.74) is 0. The minimum Gasteiger partial charge on any atom is -2.00 e. The zero-order valence-electron chi connectivity index (χ0n) is 3.22. The van der Waals surface area contributed by atoms with Crippen LogP contribution in [0.25, 0.3) is 0 Å². The summed E-state index contributed by atoms with van der Waals surface area (Å²) in [6, 6.07) is 0. The van der Waals surface area contributed by atoms with Gasteiger partial charge in [-0.25, -0.2) is 0 Å². The van der Waals surface area contributed by atoms with Crippen LogP contribution in [0.4, 0.5) is 4.79 Å². The topological polar surface area (TPSA) is 91.7 Å². The van der Waals surface area contributed by atoms with E-state index in [9.17, 15) is 0 Å². The van der Waals surface area contributed by atoms with Crippen LogP contribution in [0.1, 0.15) is 0 Å². The Kier molecular flexibility index (Phi) is 60.8. The van der Waals surface area contributed by atoms with Crippen molar-refractivity contribution in [2.45, 2.75) is 0 Å². The largest absolute Gasteiger partial charge is 2.00 e. The van der Waals surface area contributed by atoms with Gasteiger partial charge in [-0.15, -0.1) is 0 Å². The number of rotatable bonds is 0. The van der Waals surface area contributed by atoms with Crippen LogP contribution in [-0.2, 0) is 42.0 Å². The van der Waals surface area contributed by atoms with Crippen molar-refractivity contribution < 1.29 is 57.0 Å². The minimum atomic E-state index is -2.33. The first-order valence-corrected chi connectivity index (χ1v) is 0.612. The molecule has 37 valence electrons. The molecule has 1 radical (unpaired) electrons. The second-order valence-electron chi connectivity index (χ2n) is 0.250. The Morgan fingerprint density at radius 2 is 1.29 bits per heavy atom. The SMILES string of the molecule is O=C([O-])[O-].[Mn+2].[O-2].[Zn+2]. The van der Waals surface area contributed by atoms with E-state index in [1.54, 1.807) is 0 Å². The molecule has 0 saturated heterocycles. The minimum absolute atomic E-state index is 0. The van der Waals surface area contributed by atoms with Crippen LogP contribution in [0.3, 0.4) is 0 Å². The quantitative estimate of drug-likeness (QED) is 0.399. The first kappa shape index (κ1) is 26.3. The Balaban J connectivity index is -0.0000000150. The molecule has 0 unspecified atom stereocenters. The van der Waals surface area contributed by atoms with E-state index in [2.05, 4.69) is 0 Å². The third-order valence-corrected chi connectivity index (χ3v) is 0. The fraction of sp³-hybridized carbons (Fsp3) is 0. The van der Waals surface area contributed by atoms with Gasteiger partial charge in [-0.2, -0.15) is 0 Å². The van der Waals surface area contributed by atoms with Gasteiger partial charge in [0.25, 0.3) is 0 Å². The van der Waals surface area contributed by atoms with Crippen molar-refractivity contribution in [3.05, 3.63) is 0 Å². The normalized spacial score (nSPS) is 3.43. The van der Waals surface area contributed by atoms with E-state index in [4.69, 9.17) is 15.0 Å². The third kappa shape index (κ3) is 877. The summed E-state index contributed by atoms with van der Waals surface area (Å²) in [5.74, 6) is 0. The van der Waals surface area contributed by atoms with Gasteiger partial charge >= 0.3 is 36.5 Å². The molecular formula is CMnO4Zn. The second-order valence-corrected chi connectivity index (χ2v) is 0.250. The molecule has 0 aliphatic carbocycles. The van der Waals surface area contributed by atoms with Crippen LogP contribution in [0.5, 0.6) is 0 Å². The Labute approximate surface area is 63.4 Å². The van der Waals surface area contributed by atoms with Crippen LogP contribution in [0.2, 0.25) is 0 Å². The van der Waals surface area contributed by atoms with Crippen LogP contribution >= 0.6 is 0 Å². The van der Waals surface area contributed by atoms with Crippen LogP contribution < -0.4 is 10.2 Å². The molecule has 0 heterocycles. The Morgan fingerprint density at radius 1 is 1.29 bits per heavy atom. The molecule has 0 atom stereocenters. The Hall–Kier alpha value is 0.373. The number of hydrogen-bond donors (Lipinski definition) is 0. The van der Waals surface area contributed by atoms with E-state index in [0.717, 1.165) is 0 Å². The molecule has 0 spiro atoms. The molecule has 0 aromatic heterocycles. The number of carboxylic acid groups (broad SMARTS) is 2. The van der Waals surface area contributed by atoms with Gasteiger partial charge in [-0.1, -0.05) is 0 Å². The van der Waals surface area contributed by atoms with E-state index < -0.39 is 6.16 Å². The third-order valence-electron chi connectivity index (χ3n) is 0. The van der Waals surface area contributed by atoms with E-state index in [-0.39, 0.29) is 42.0 Å². The van der Waals surface area contributed by atoms with Gasteiger partial charge in [-0.3, -0.25) is 0 Å². The molecule has 0 N–H and O–H groups in total. The fourth-order valence-electron chi connectivity index (χ4n) is 0. The second kappa shape index (κ2) is 16.2. The van der Waals surface area contributed by atoms with Crippen LogP contribution in [0, 0.1) is 0 Å². The first-order chi connectivity index (χ1) is 1.73. The average molecular weight is 196 g/mol. The Morgan fingerprint density at radius 3 is 1.29 bits per heavy atom. The van der Waals surface area contributed by atoms with Gasteiger partial charge < -0.3 is 20.5 Å². The first-order valence-electron chi connectivity index (χ1n) is 0.612. The summed E-state index contributed by atoms with van der Waals surface area (Å²) in [5, 5.41) is 16.7. The standard InChI is InChI=1S/CH2O3.Mn.O.Zn/c2-1(3)4;;;/h(H2,2,3,4);;;/q;+2;-2;+2/p-2. The van der Waals surface area contributed by atoms with Gasteiger partial charge in [0.1, 0.15) is 0 Å². The van der Waals surface area contributed by atoms with Crippen molar-refractivity contribution in [1.29, 1.82) is 0 Å². The molecular weight excluding hydrogens is 196 g/mol. The number of carbonyl (C=O) groups is 1. The van der Waals surface area contributed by atoms with Crippen molar-refractivity contribution in [2.75, 3.05) is 0 Å². The van der Waals surface area contributed by atoms with Gasteiger partial charge in [0.05, 0.1) is 0 Å². The molecule has 4 nitrogen and oxygen atoms in total. The zero-order chi connectivity index (χ0) is 3.58. The maximum atomic E-state index is 8.33. The van der Waals surface area contributed by atoms with Gasteiger partial charge in [-0.05, 0) is 6.16 Å². The van der Waals surface area contributed by atoms with Gasteiger partial charge in [0.2, 0.25) is 0 Å². The van der Waals surface area contributed by atoms with Crippen molar-refractivity contribution in [2.24, 2.45) is 0 Å². The molecule has 0 saturated carbocycles. The van der Waals surface area contributed by atoms with Gasteiger partial charge in [0, 0.05) is 0 Å². The van der Waals surface area contributed by atoms with E-state index in [0.29, 0.717) is 0 Å². The van der Waals surface area contributed by atoms with Gasteiger partial charge in [0.15, 0.2) is 0 Å². The molecule has 0 amide bonds. The molecule has 0 rings (SSSR count). The van der Waals surface area contributed by atoms with Crippen LogP contribution in [0.15, 0.2) is 0 Å². The smallest absolute Gasteiger partial charge is 2.00 e. The maximum absolute atomic E-state index is 8.33. The summed E-state index contributed by atoms with van der Waals surface area (Å²) in [6.45, 7) is 0. The summed E-state index contributed by atoms with van der Waals surface area (Å²) in [6.07, 6.45) is -2.33. The van der Waals surface area contributed by atoms with Crippen molar-refractivity contribution >= 4 is 6.16 Å². The van der Waals surface area contributed by atoms with E-state index in [1.165, 1.54) is 0 Å². The Bertz CT molecular complexity index is 34.7. The molecule has 0 aliphatic heterocycles. The molecule has 0 fully saturated rings. The molecule has 0 aliphatic rings. The van der Waals surface area contributed by atoms with Crippen molar-refractivity contribution in [3.8, 4) is 0 Å².